The number of likely N-dealkylation sites (tertiary alicyclic amines) is 1. The topological polar surface area (TPSA) is 156 Å². The second kappa shape index (κ2) is 20.0. The minimum atomic E-state index is -0.637. The summed E-state index contributed by atoms with van der Waals surface area (Å²) in [6.45, 7) is 17.6. The molecule has 0 radical (unpaired) electrons. The Hall–Kier alpha value is -4.56. The van der Waals surface area contributed by atoms with E-state index in [-0.39, 0.29) is 79.8 Å². The van der Waals surface area contributed by atoms with Crippen molar-refractivity contribution in [3.8, 4) is 22.5 Å². The van der Waals surface area contributed by atoms with Gasteiger partial charge in [0, 0.05) is 61.7 Å². The van der Waals surface area contributed by atoms with E-state index in [0.717, 1.165) is 53.0 Å². The van der Waals surface area contributed by atoms with Crippen LogP contribution in [-0.2, 0) is 35.3 Å². The average molecular weight is 926 g/mol. The maximum Gasteiger partial charge on any atom is 0.233 e. The van der Waals surface area contributed by atoms with Crippen LogP contribution in [0, 0.1) is 29.6 Å². The van der Waals surface area contributed by atoms with Gasteiger partial charge in [-0.3, -0.25) is 28.9 Å². The van der Waals surface area contributed by atoms with Crippen molar-refractivity contribution in [1.82, 2.24) is 30.5 Å². The number of nitrogens with one attached hydrogen (secondary N) is 2. The molecule has 5 amide bonds. The van der Waals surface area contributed by atoms with E-state index in [4.69, 9.17) is 4.74 Å². The molecule has 2 bridgehead atoms. The molecule has 3 aromatic rings. The van der Waals surface area contributed by atoms with Gasteiger partial charge in [0.05, 0.1) is 35.4 Å². The standard InChI is InChI=1S/C52H75N7O6S/c1-33(2)59-48-36-17-12-11-16-35(36)32-58(41-20-14-13-18-40(41)47(48)55-56-59)44(62)24-28-53-42(60)23-26-52(7,8)65-30-27-51(5,6)54-43(61)25-29-57-49(63)45-38-21-22-39(46(45)50(57)64)37(38)19-15-31-66(9,10)34(3)4/h11-14,16-18,20,33-34,37-39,45-46H,15,19,21-32H2,1-10H3,(H,53,60)(H,54,61). The van der Waals surface area contributed by atoms with Gasteiger partial charge in [0.1, 0.15) is 5.69 Å². The van der Waals surface area contributed by atoms with Gasteiger partial charge >= 0.3 is 0 Å². The maximum atomic E-state index is 13.9. The van der Waals surface area contributed by atoms with Crippen LogP contribution < -0.4 is 15.5 Å². The highest BCUT2D eigenvalue weighted by Crippen LogP contribution is 2.61. The van der Waals surface area contributed by atoms with Gasteiger partial charge in [-0.25, -0.2) is 14.7 Å². The molecule has 66 heavy (non-hydrogen) atoms. The van der Waals surface area contributed by atoms with Crippen molar-refractivity contribution in [1.29, 1.82) is 0 Å². The van der Waals surface area contributed by atoms with Crippen molar-refractivity contribution >= 4 is 45.3 Å². The van der Waals surface area contributed by atoms with Crippen molar-refractivity contribution in [2.75, 3.05) is 42.9 Å². The fraction of sp³-hybridized carbons (Fsp3) is 0.635. The number of benzene rings is 2. The van der Waals surface area contributed by atoms with Crippen LogP contribution in [0.25, 0.3) is 22.5 Å². The van der Waals surface area contributed by atoms with E-state index < -0.39 is 21.2 Å². The Kier molecular flexibility index (Phi) is 14.9. The fourth-order valence-corrected chi connectivity index (χ4v) is 12.3. The molecule has 2 N–H and O–H groups in total. The number of hydrogen-bond donors (Lipinski definition) is 2. The number of carbonyl (C=O) groups excluding carboxylic acids is 5. The predicted molar refractivity (Wildman–Crippen MR) is 263 cm³/mol. The minimum absolute atomic E-state index is 0.0611. The Morgan fingerprint density at radius 2 is 1.50 bits per heavy atom. The number of para-hydroxylation sites is 1. The second-order valence-corrected chi connectivity index (χ2v) is 26.2. The predicted octanol–water partition coefficient (Wildman–Crippen LogP) is 8.31. The molecule has 2 aromatic carbocycles. The van der Waals surface area contributed by atoms with E-state index in [1.54, 1.807) is 4.90 Å². The monoisotopic (exact) mass is 926 g/mol. The average Bonchev–Trinajstić information content (AvgIpc) is 4.01. The van der Waals surface area contributed by atoms with Crippen molar-refractivity contribution in [3.63, 3.8) is 0 Å². The van der Waals surface area contributed by atoms with Crippen LogP contribution in [0.1, 0.15) is 125 Å². The molecule has 3 heterocycles. The molecule has 7 rings (SSSR count). The molecule has 1 saturated heterocycles. The van der Waals surface area contributed by atoms with E-state index in [1.165, 1.54) is 17.1 Å². The number of carbonyl (C=O) groups is 5. The van der Waals surface area contributed by atoms with Crippen LogP contribution in [-0.4, -0.2) is 104 Å². The van der Waals surface area contributed by atoms with Crippen LogP contribution >= 0.6 is 10.0 Å². The largest absolute Gasteiger partial charge is 0.375 e. The first-order valence-corrected chi connectivity index (χ1v) is 27.1. The Balaban J connectivity index is 0.823. The van der Waals surface area contributed by atoms with Gasteiger partial charge in [0.2, 0.25) is 29.5 Å². The molecule has 1 aromatic heterocycles. The molecule has 0 spiro atoms. The number of anilines is 1. The first-order valence-electron chi connectivity index (χ1n) is 24.4. The van der Waals surface area contributed by atoms with E-state index in [9.17, 15) is 24.0 Å². The zero-order valence-electron chi connectivity index (χ0n) is 41.2. The molecule has 2 aliphatic carbocycles. The molecule has 4 unspecified atom stereocenters. The molecular weight excluding hydrogens is 851 g/mol. The highest BCUT2D eigenvalue weighted by Gasteiger charge is 2.64. The van der Waals surface area contributed by atoms with Gasteiger partial charge in [-0.15, -0.1) is 5.10 Å². The lowest BCUT2D eigenvalue weighted by atomic mass is 9.81. The zero-order chi connectivity index (χ0) is 47.7. The lowest BCUT2D eigenvalue weighted by molar-refractivity contribution is -0.141. The SMILES string of the molecule is CC(C)n1nnc2c1-c1ccccc1CN(C(=O)CCNC(=O)CCC(C)(C)OCCC(C)(C)NC(=O)CCN1C(=O)C3C4CCC(C4CCCS(C)(C)C(C)C)C3C1=O)c1ccccc1-2. The van der Waals surface area contributed by atoms with Gasteiger partial charge in [0.15, 0.2) is 0 Å². The van der Waals surface area contributed by atoms with Crippen LogP contribution in [0.15, 0.2) is 48.5 Å². The van der Waals surface area contributed by atoms with E-state index in [2.05, 4.69) is 67.2 Å². The van der Waals surface area contributed by atoms with Crippen LogP contribution in [0.2, 0.25) is 0 Å². The van der Waals surface area contributed by atoms with Crippen molar-refractivity contribution in [2.24, 2.45) is 29.6 Å². The van der Waals surface area contributed by atoms with Gasteiger partial charge < -0.3 is 20.3 Å². The Labute approximate surface area is 394 Å². The van der Waals surface area contributed by atoms with E-state index >= 15 is 0 Å². The number of rotatable bonds is 20. The first kappa shape index (κ1) is 49.3. The molecule has 3 fully saturated rings. The third-order valence-corrected chi connectivity index (χ3v) is 19.1. The van der Waals surface area contributed by atoms with Gasteiger partial charge in [-0.05, 0) is 133 Å². The highest BCUT2D eigenvalue weighted by atomic mass is 32.3. The number of aromatic nitrogens is 3. The van der Waals surface area contributed by atoms with Crippen LogP contribution in [0.4, 0.5) is 5.69 Å². The molecular formula is C52H75N7O6S. The third kappa shape index (κ3) is 10.6. The molecule has 13 nitrogen and oxygen atoms in total. The summed E-state index contributed by atoms with van der Waals surface area (Å²) in [4.78, 5) is 70.7. The quantitative estimate of drug-likeness (QED) is 0.107. The summed E-state index contributed by atoms with van der Waals surface area (Å²) in [5.41, 5.74) is 4.04. The lowest BCUT2D eigenvalue weighted by Gasteiger charge is -2.36. The third-order valence-electron chi connectivity index (χ3n) is 15.2. The summed E-state index contributed by atoms with van der Waals surface area (Å²) in [5.74, 6) is 1.30. The summed E-state index contributed by atoms with van der Waals surface area (Å²) < 4.78 is 8.18. The Bertz CT molecular complexity index is 2250. The van der Waals surface area contributed by atoms with Crippen molar-refractivity contribution in [2.45, 2.75) is 142 Å². The molecule has 360 valence electrons. The first-order chi connectivity index (χ1) is 31.2. The summed E-state index contributed by atoms with van der Waals surface area (Å²) in [5, 5.41) is 15.8. The van der Waals surface area contributed by atoms with Gasteiger partial charge in [-0.1, -0.05) is 61.5 Å². The van der Waals surface area contributed by atoms with Gasteiger partial charge in [0.25, 0.3) is 0 Å². The molecule has 2 saturated carbocycles. The zero-order valence-corrected chi connectivity index (χ0v) is 42.0. The normalized spacial score (nSPS) is 21.7. The molecule has 4 atom stereocenters. The number of amides is 5. The van der Waals surface area contributed by atoms with Gasteiger partial charge in [-0.2, -0.15) is 0 Å². The number of imide groups is 1. The fourth-order valence-electron chi connectivity index (χ4n) is 11.0. The Morgan fingerprint density at radius 1 is 0.848 bits per heavy atom. The second-order valence-electron chi connectivity index (χ2n) is 21.6. The van der Waals surface area contributed by atoms with E-state index in [1.807, 2.05) is 74.8 Å². The molecule has 14 heteroatoms. The minimum Gasteiger partial charge on any atom is -0.375 e. The number of hydrogen-bond acceptors (Lipinski definition) is 8. The smallest absolute Gasteiger partial charge is 0.233 e. The maximum absolute atomic E-state index is 13.9. The Morgan fingerprint density at radius 3 is 2.17 bits per heavy atom. The summed E-state index contributed by atoms with van der Waals surface area (Å²) in [6, 6.07) is 15.9. The molecule has 4 aliphatic rings. The number of nitrogens with zero attached hydrogens (tertiary/aromatic N) is 5. The van der Waals surface area contributed by atoms with Crippen LogP contribution in [0.5, 0.6) is 0 Å². The van der Waals surface area contributed by atoms with Crippen molar-refractivity contribution < 1.29 is 28.7 Å². The van der Waals surface area contributed by atoms with Crippen LogP contribution in [0.3, 0.4) is 0 Å². The number of ether oxygens (including phenoxy) is 1. The summed E-state index contributed by atoms with van der Waals surface area (Å²) >= 11 is 0. The summed E-state index contributed by atoms with van der Waals surface area (Å²) in [6.07, 6.45) is 10.6. The summed E-state index contributed by atoms with van der Waals surface area (Å²) in [7, 11) is -0.637. The molecule has 2 aliphatic heterocycles. The van der Waals surface area contributed by atoms with E-state index in [0.29, 0.717) is 49.0 Å². The lowest BCUT2D eigenvalue weighted by Crippen LogP contribution is -2.46. The highest BCUT2D eigenvalue weighted by molar-refractivity contribution is 8.33. The number of fused-ring (bicyclic) bond motifs is 10. The van der Waals surface area contributed by atoms with Crippen molar-refractivity contribution in [3.05, 3.63) is 54.1 Å².